The van der Waals surface area contributed by atoms with E-state index in [-0.39, 0.29) is 0 Å². The lowest BCUT2D eigenvalue weighted by Gasteiger charge is -2.20. The molecule has 0 amide bonds. The van der Waals surface area contributed by atoms with E-state index in [9.17, 15) is 0 Å². The van der Waals surface area contributed by atoms with E-state index < -0.39 is 0 Å². The van der Waals surface area contributed by atoms with Crippen LogP contribution in [0.4, 0.5) is 0 Å². The highest BCUT2D eigenvalue weighted by Crippen LogP contribution is 2.06. The molecule has 1 aromatic carbocycles. The van der Waals surface area contributed by atoms with Gasteiger partial charge in [0.25, 0.3) is 0 Å². The van der Waals surface area contributed by atoms with Gasteiger partial charge in [0, 0.05) is 6.54 Å². The first-order valence-electron chi connectivity index (χ1n) is 6.27. The predicted molar refractivity (Wildman–Crippen MR) is 78.0 cm³/mol. The molecule has 0 unspecified atom stereocenters. The van der Waals surface area contributed by atoms with Crippen LogP contribution < -0.4 is 5.73 Å². The van der Waals surface area contributed by atoms with Crippen molar-refractivity contribution in [3.8, 4) is 0 Å². The van der Waals surface area contributed by atoms with Gasteiger partial charge in [0.1, 0.15) is 0 Å². The van der Waals surface area contributed by atoms with Crippen LogP contribution >= 0.6 is 12.2 Å². The number of benzene rings is 1. The maximum Gasteiger partial charge on any atom is 0.0727 e. The predicted octanol–water partition coefficient (Wildman–Crippen LogP) is 2.96. The summed E-state index contributed by atoms with van der Waals surface area (Å²) in [6.45, 7) is 5.44. The quantitative estimate of drug-likeness (QED) is 0.568. The Labute approximate surface area is 110 Å². The van der Waals surface area contributed by atoms with E-state index in [1.807, 2.05) is 0 Å². The molecular formula is C14H22N2S. The van der Waals surface area contributed by atoms with E-state index in [1.54, 1.807) is 0 Å². The van der Waals surface area contributed by atoms with Crippen LogP contribution in [0.25, 0.3) is 0 Å². The third-order valence-electron chi connectivity index (χ3n) is 2.84. The lowest BCUT2D eigenvalue weighted by Crippen LogP contribution is -2.24. The Morgan fingerprint density at radius 2 is 1.94 bits per heavy atom. The van der Waals surface area contributed by atoms with Crippen LogP contribution in [0.15, 0.2) is 30.3 Å². The average molecular weight is 250 g/mol. The van der Waals surface area contributed by atoms with E-state index >= 15 is 0 Å². The molecule has 0 saturated heterocycles. The summed E-state index contributed by atoms with van der Waals surface area (Å²) in [5.74, 6) is 0. The average Bonchev–Trinajstić information content (AvgIpc) is 2.34. The molecular weight excluding hydrogens is 228 g/mol. The molecule has 94 valence electrons. The van der Waals surface area contributed by atoms with E-state index in [0.717, 1.165) is 38.9 Å². The minimum absolute atomic E-state index is 0.635. The van der Waals surface area contributed by atoms with E-state index in [4.69, 9.17) is 18.0 Å². The number of rotatable bonds is 8. The van der Waals surface area contributed by atoms with Crippen molar-refractivity contribution >= 4 is 17.2 Å². The second kappa shape index (κ2) is 8.20. The molecule has 0 aliphatic heterocycles. The molecule has 0 spiro atoms. The van der Waals surface area contributed by atoms with Gasteiger partial charge in [-0.15, -0.1) is 0 Å². The summed E-state index contributed by atoms with van der Waals surface area (Å²) in [7, 11) is 0. The van der Waals surface area contributed by atoms with Crippen LogP contribution in [0.1, 0.15) is 31.7 Å². The minimum atomic E-state index is 0.635. The highest BCUT2D eigenvalue weighted by atomic mass is 32.1. The Kier molecular flexibility index (Phi) is 6.82. The SMILES string of the molecule is CCN(CCCCC(N)=S)Cc1ccccc1. The molecule has 0 bridgehead atoms. The topological polar surface area (TPSA) is 29.3 Å². The van der Waals surface area contributed by atoms with Gasteiger partial charge in [0.05, 0.1) is 4.99 Å². The van der Waals surface area contributed by atoms with Crippen molar-refractivity contribution in [2.45, 2.75) is 32.7 Å². The Morgan fingerprint density at radius 1 is 1.24 bits per heavy atom. The van der Waals surface area contributed by atoms with Crippen LogP contribution in [-0.2, 0) is 6.54 Å². The van der Waals surface area contributed by atoms with E-state index in [1.165, 1.54) is 5.56 Å². The summed E-state index contributed by atoms with van der Waals surface area (Å²) in [4.78, 5) is 3.09. The Balaban J connectivity index is 2.27. The number of thiocarbonyl (C=S) groups is 1. The van der Waals surface area contributed by atoms with E-state index in [2.05, 4.69) is 42.2 Å². The molecule has 17 heavy (non-hydrogen) atoms. The van der Waals surface area contributed by atoms with Crippen molar-refractivity contribution in [3.63, 3.8) is 0 Å². The molecule has 1 aromatic rings. The van der Waals surface area contributed by atoms with Gasteiger partial charge in [-0.3, -0.25) is 4.90 Å². The van der Waals surface area contributed by atoms with Gasteiger partial charge in [-0.2, -0.15) is 0 Å². The molecule has 0 aromatic heterocycles. The second-order valence-electron chi connectivity index (χ2n) is 4.28. The number of unbranched alkanes of at least 4 members (excludes halogenated alkanes) is 1. The maximum atomic E-state index is 5.48. The second-order valence-corrected chi connectivity index (χ2v) is 4.80. The van der Waals surface area contributed by atoms with Crippen molar-refractivity contribution in [1.29, 1.82) is 0 Å². The molecule has 3 heteroatoms. The largest absolute Gasteiger partial charge is 0.393 e. The zero-order chi connectivity index (χ0) is 12.5. The minimum Gasteiger partial charge on any atom is -0.393 e. The third kappa shape index (κ3) is 6.39. The summed E-state index contributed by atoms with van der Waals surface area (Å²) in [6.07, 6.45) is 3.14. The fourth-order valence-corrected chi connectivity index (χ4v) is 1.97. The molecule has 0 aliphatic rings. The van der Waals surface area contributed by atoms with Crippen LogP contribution in [0.5, 0.6) is 0 Å². The first-order chi connectivity index (χ1) is 8.22. The molecule has 0 heterocycles. The fourth-order valence-electron chi connectivity index (χ4n) is 1.83. The van der Waals surface area contributed by atoms with Gasteiger partial charge in [-0.25, -0.2) is 0 Å². The zero-order valence-corrected chi connectivity index (χ0v) is 11.4. The Hall–Kier alpha value is -0.930. The zero-order valence-electron chi connectivity index (χ0n) is 10.6. The molecule has 2 N–H and O–H groups in total. The normalized spacial score (nSPS) is 10.7. The summed E-state index contributed by atoms with van der Waals surface area (Å²) >= 11 is 4.87. The first-order valence-corrected chi connectivity index (χ1v) is 6.67. The smallest absolute Gasteiger partial charge is 0.0727 e. The Bertz CT molecular complexity index is 324. The standard InChI is InChI=1S/C14H22N2S/c1-2-16(11-7-6-10-14(15)17)12-13-8-4-3-5-9-13/h3-5,8-9H,2,6-7,10-12H2,1H3,(H2,15,17). The summed E-state index contributed by atoms with van der Waals surface area (Å²) in [6, 6.07) is 10.6. The molecule has 1 rings (SSSR count). The highest BCUT2D eigenvalue weighted by Gasteiger charge is 2.03. The lowest BCUT2D eigenvalue weighted by molar-refractivity contribution is 0.274. The third-order valence-corrected chi connectivity index (χ3v) is 3.05. The molecule has 0 atom stereocenters. The van der Waals surface area contributed by atoms with Gasteiger partial charge < -0.3 is 5.73 Å². The van der Waals surface area contributed by atoms with Crippen LogP contribution in [0, 0.1) is 0 Å². The van der Waals surface area contributed by atoms with E-state index in [0.29, 0.717) is 4.99 Å². The van der Waals surface area contributed by atoms with Gasteiger partial charge in [-0.05, 0) is 37.9 Å². The van der Waals surface area contributed by atoms with Crippen LogP contribution in [0.3, 0.4) is 0 Å². The highest BCUT2D eigenvalue weighted by molar-refractivity contribution is 7.80. The van der Waals surface area contributed by atoms with Gasteiger partial charge in [0.15, 0.2) is 0 Å². The molecule has 2 nitrogen and oxygen atoms in total. The van der Waals surface area contributed by atoms with Gasteiger partial charge in [-0.1, -0.05) is 49.5 Å². The van der Waals surface area contributed by atoms with Crippen molar-refractivity contribution < 1.29 is 0 Å². The number of hydrogen-bond donors (Lipinski definition) is 1. The summed E-state index contributed by atoms with van der Waals surface area (Å²) < 4.78 is 0. The van der Waals surface area contributed by atoms with Crippen molar-refractivity contribution in [1.82, 2.24) is 4.90 Å². The molecule has 0 saturated carbocycles. The number of nitrogens with zero attached hydrogens (tertiary/aromatic N) is 1. The molecule has 0 fully saturated rings. The first kappa shape index (κ1) is 14.1. The number of nitrogens with two attached hydrogens (primary N) is 1. The summed E-state index contributed by atoms with van der Waals surface area (Å²) in [5.41, 5.74) is 6.86. The summed E-state index contributed by atoms with van der Waals surface area (Å²) in [5, 5.41) is 0. The molecule has 0 aliphatic carbocycles. The number of hydrogen-bond acceptors (Lipinski definition) is 2. The van der Waals surface area contributed by atoms with Crippen molar-refractivity contribution in [2.75, 3.05) is 13.1 Å². The monoisotopic (exact) mass is 250 g/mol. The van der Waals surface area contributed by atoms with Crippen molar-refractivity contribution in [3.05, 3.63) is 35.9 Å². The van der Waals surface area contributed by atoms with Crippen LogP contribution in [-0.4, -0.2) is 23.0 Å². The van der Waals surface area contributed by atoms with Crippen molar-refractivity contribution in [2.24, 2.45) is 5.73 Å². The molecule has 0 radical (unpaired) electrons. The van der Waals surface area contributed by atoms with Gasteiger partial charge in [0.2, 0.25) is 0 Å². The van der Waals surface area contributed by atoms with Crippen LogP contribution in [0.2, 0.25) is 0 Å². The fraction of sp³-hybridized carbons (Fsp3) is 0.500. The van der Waals surface area contributed by atoms with Gasteiger partial charge >= 0.3 is 0 Å². The lowest BCUT2D eigenvalue weighted by atomic mass is 10.2. The Morgan fingerprint density at radius 3 is 2.53 bits per heavy atom. The maximum absolute atomic E-state index is 5.48.